The van der Waals surface area contributed by atoms with Crippen molar-refractivity contribution in [2.75, 3.05) is 17.9 Å². The van der Waals surface area contributed by atoms with E-state index in [1.807, 2.05) is 18.2 Å². The second kappa shape index (κ2) is 8.87. The summed E-state index contributed by atoms with van der Waals surface area (Å²) in [7, 11) is -3.79. The SMILES string of the molecule is O=C(NC[C@H]1COc2ccccc2O1)c1cc(NS(=O)(=O)c2ccccc2)ccc1Cl. The fourth-order valence-electron chi connectivity index (χ4n) is 3.04. The molecule has 3 aromatic rings. The van der Waals surface area contributed by atoms with Crippen molar-refractivity contribution in [1.82, 2.24) is 5.32 Å². The van der Waals surface area contributed by atoms with Crippen molar-refractivity contribution in [3.8, 4) is 11.5 Å². The van der Waals surface area contributed by atoms with E-state index >= 15 is 0 Å². The van der Waals surface area contributed by atoms with E-state index in [4.69, 9.17) is 21.1 Å². The molecule has 9 heteroatoms. The first-order chi connectivity index (χ1) is 14.9. The Kier molecular flexibility index (Phi) is 6.01. The molecule has 1 aliphatic rings. The maximum atomic E-state index is 12.7. The minimum atomic E-state index is -3.79. The number of hydrogen-bond donors (Lipinski definition) is 2. The summed E-state index contributed by atoms with van der Waals surface area (Å²) in [4.78, 5) is 12.8. The zero-order valence-corrected chi connectivity index (χ0v) is 17.8. The van der Waals surface area contributed by atoms with Crippen molar-refractivity contribution in [2.24, 2.45) is 0 Å². The molecule has 0 fully saturated rings. The molecule has 1 amide bonds. The Balaban J connectivity index is 1.43. The molecule has 0 aliphatic carbocycles. The van der Waals surface area contributed by atoms with E-state index in [0.717, 1.165) is 0 Å². The van der Waals surface area contributed by atoms with Crippen LogP contribution in [0.3, 0.4) is 0 Å². The summed E-state index contributed by atoms with van der Waals surface area (Å²) in [5.41, 5.74) is 0.372. The summed E-state index contributed by atoms with van der Waals surface area (Å²) in [6.45, 7) is 0.491. The number of sulfonamides is 1. The first-order valence-electron chi connectivity index (χ1n) is 9.46. The van der Waals surface area contributed by atoms with Crippen LogP contribution in [0.25, 0.3) is 0 Å². The van der Waals surface area contributed by atoms with Gasteiger partial charge < -0.3 is 14.8 Å². The number of rotatable bonds is 6. The lowest BCUT2D eigenvalue weighted by atomic mass is 10.2. The number of fused-ring (bicyclic) bond motifs is 1. The quantitative estimate of drug-likeness (QED) is 0.587. The second-order valence-corrected chi connectivity index (χ2v) is 8.91. The van der Waals surface area contributed by atoms with Gasteiger partial charge in [0.2, 0.25) is 0 Å². The van der Waals surface area contributed by atoms with Crippen LogP contribution in [-0.2, 0) is 10.0 Å². The molecule has 3 aromatic carbocycles. The average Bonchev–Trinajstić information content (AvgIpc) is 2.79. The second-order valence-electron chi connectivity index (χ2n) is 6.82. The van der Waals surface area contributed by atoms with E-state index in [1.54, 1.807) is 24.3 Å². The Hall–Kier alpha value is -3.23. The summed E-state index contributed by atoms with van der Waals surface area (Å²) in [5, 5.41) is 2.96. The molecule has 31 heavy (non-hydrogen) atoms. The average molecular weight is 459 g/mol. The molecule has 1 heterocycles. The van der Waals surface area contributed by atoms with Crippen molar-refractivity contribution in [3.63, 3.8) is 0 Å². The summed E-state index contributed by atoms with van der Waals surface area (Å²) in [6, 6.07) is 19.6. The molecule has 160 valence electrons. The zero-order valence-electron chi connectivity index (χ0n) is 16.2. The van der Waals surface area contributed by atoms with Gasteiger partial charge in [0.15, 0.2) is 11.5 Å². The number of anilines is 1. The molecular formula is C22H19ClN2O5S. The third-order valence-corrected chi connectivity index (χ3v) is 6.30. The van der Waals surface area contributed by atoms with Gasteiger partial charge in [-0.2, -0.15) is 0 Å². The number of amides is 1. The molecule has 1 atom stereocenters. The molecule has 0 saturated heterocycles. The standard InChI is InChI=1S/C22H19ClN2O5S/c23-19-11-10-15(25-31(27,28)17-6-2-1-3-7-17)12-18(19)22(26)24-13-16-14-29-20-8-4-5-9-21(20)30-16/h1-12,16,25H,13-14H2,(H,24,26)/t16-/m0/s1. The summed E-state index contributed by atoms with van der Waals surface area (Å²) < 4.78 is 39.0. The van der Waals surface area contributed by atoms with Gasteiger partial charge in [-0.25, -0.2) is 8.42 Å². The first kappa shape index (κ1) is 21.0. The third-order valence-electron chi connectivity index (χ3n) is 4.57. The Morgan fingerprint density at radius 3 is 2.48 bits per heavy atom. The number of nitrogens with one attached hydrogen (secondary N) is 2. The topological polar surface area (TPSA) is 93.7 Å². The predicted molar refractivity (Wildman–Crippen MR) is 117 cm³/mol. The van der Waals surface area contributed by atoms with Crippen LogP contribution in [0.2, 0.25) is 5.02 Å². The van der Waals surface area contributed by atoms with Crippen LogP contribution < -0.4 is 19.5 Å². The zero-order chi connectivity index (χ0) is 21.8. The monoisotopic (exact) mass is 458 g/mol. The van der Waals surface area contributed by atoms with Gasteiger partial charge in [-0.1, -0.05) is 41.9 Å². The highest BCUT2D eigenvalue weighted by Gasteiger charge is 2.22. The maximum absolute atomic E-state index is 12.7. The molecule has 1 aliphatic heterocycles. The van der Waals surface area contributed by atoms with Gasteiger partial charge in [-0.05, 0) is 42.5 Å². The van der Waals surface area contributed by atoms with Gasteiger partial charge >= 0.3 is 0 Å². The molecular weight excluding hydrogens is 440 g/mol. The van der Waals surface area contributed by atoms with E-state index in [0.29, 0.717) is 18.1 Å². The van der Waals surface area contributed by atoms with Crippen molar-refractivity contribution >= 4 is 33.2 Å². The van der Waals surface area contributed by atoms with Crippen LogP contribution in [0, 0.1) is 0 Å². The van der Waals surface area contributed by atoms with Crippen LogP contribution in [0.15, 0.2) is 77.7 Å². The molecule has 0 radical (unpaired) electrons. The number of hydrogen-bond acceptors (Lipinski definition) is 5. The fraction of sp³-hybridized carbons (Fsp3) is 0.136. The van der Waals surface area contributed by atoms with Crippen molar-refractivity contribution < 1.29 is 22.7 Å². The fourth-order valence-corrected chi connectivity index (χ4v) is 4.32. The molecule has 2 N–H and O–H groups in total. The molecule has 0 bridgehead atoms. The van der Waals surface area contributed by atoms with Crippen molar-refractivity contribution in [2.45, 2.75) is 11.0 Å². The summed E-state index contributed by atoms with van der Waals surface area (Å²) in [5.74, 6) is 0.822. The van der Waals surface area contributed by atoms with Gasteiger partial charge in [-0.3, -0.25) is 9.52 Å². The minimum Gasteiger partial charge on any atom is -0.486 e. The smallest absolute Gasteiger partial charge is 0.261 e. The lowest BCUT2D eigenvalue weighted by Gasteiger charge is -2.26. The van der Waals surface area contributed by atoms with E-state index in [2.05, 4.69) is 10.0 Å². The molecule has 7 nitrogen and oxygen atoms in total. The number of carbonyl (C=O) groups is 1. The van der Waals surface area contributed by atoms with Crippen LogP contribution in [-0.4, -0.2) is 33.6 Å². The van der Waals surface area contributed by atoms with Gasteiger partial charge in [0, 0.05) is 5.69 Å². The Morgan fingerprint density at radius 1 is 1.00 bits per heavy atom. The summed E-state index contributed by atoms with van der Waals surface area (Å²) in [6.07, 6.45) is -0.364. The van der Waals surface area contributed by atoms with Crippen LogP contribution in [0.5, 0.6) is 11.5 Å². The molecule has 4 rings (SSSR count). The number of benzene rings is 3. The van der Waals surface area contributed by atoms with E-state index in [-0.39, 0.29) is 33.8 Å². The normalized spacial score (nSPS) is 15.2. The highest BCUT2D eigenvalue weighted by Crippen LogP contribution is 2.30. The van der Waals surface area contributed by atoms with Gasteiger partial charge in [-0.15, -0.1) is 0 Å². The van der Waals surface area contributed by atoms with Gasteiger partial charge in [0.1, 0.15) is 12.7 Å². The van der Waals surface area contributed by atoms with E-state index in [1.165, 1.54) is 30.3 Å². The number of carbonyl (C=O) groups excluding carboxylic acids is 1. The van der Waals surface area contributed by atoms with Crippen LogP contribution >= 0.6 is 11.6 Å². The van der Waals surface area contributed by atoms with Gasteiger partial charge in [0.05, 0.1) is 22.0 Å². The largest absolute Gasteiger partial charge is 0.486 e. The highest BCUT2D eigenvalue weighted by molar-refractivity contribution is 7.92. The highest BCUT2D eigenvalue weighted by atomic mass is 35.5. The number of ether oxygens (including phenoxy) is 2. The molecule has 0 aromatic heterocycles. The maximum Gasteiger partial charge on any atom is 0.261 e. The minimum absolute atomic E-state index is 0.116. The summed E-state index contributed by atoms with van der Waals surface area (Å²) >= 11 is 6.17. The van der Waals surface area contributed by atoms with Crippen LogP contribution in [0.1, 0.15) is 10.4 Å². The van der Waals surface area contributed by atoms with Crippen LogP contribution in [0.4, 0.5) is 5.69 Å². The van der Waals surface area contributed by atoms with Crippen molar-refractivity contribution in [3.05, 3.63) is 83.4 Å². The van der Waals surface area contributed by atoms with E-state index < -0.39 is 15.9 Å². The molecule has 0 unspecified atom stereocenters. The Labute approximate surface area is 185 Å². The van der Waals surface area contributed by atoms with Gasteiger partial charge in [0.25, 0.3) is 15.9 Å². The number of para-hydroxylation sites is 2. The Morgan fingerprint density at radius 2 is 1.71 bits per heavy atom. The lowest BCUT2D eigenvalue weighted by Crippen LogP contribution is -2.40. The van der Waals surface area contributed by atoms with Crippen molar-refractivity contribution in [1.29, 1.82) is 0 Å². The molecule has 0 spiro atoms. The third kappa shape index (κ3) is 4.92. The lowest BCUT2D eigenvalue weighted by molar-refractivity contribution is 0.0789. The number of halogens is 1. The molecule has 0 saturated carbocycles. The predicted octanol–water partition coefficient (Wildman–Crippen LogP) is 3.71. The first-order valence-corrected chi connectivity index (χ1v) is 11.3. The van der Waals surface area contributed by atoms with E-state index in [9.17, 15) is 13.2 Å². The Bertz CT molecular complexity index is 1200.